The highest BCUT2D eigenvalue weighted by Gasteiger charge is 2.11. The van der Waals surface area contributed by atoms with Crippen molar-refractivity contribution in [1.82, 2.24) is 0 Å². The van der Waals surface area contributed by atoms with Gasteiger partial charge in [0, 0.05) is 14.2 Å². The van der Waals surface area contributed by atoms with Crippen molar-refractivity contribution in [2.45, 2.75) is 6.61 Å². The molecule has 28 heavy (non-hydrogen) atoms. The van der Waals surface area contributed by atoms with E-state index in [-0.39, 0.29) is 0 Å². The average molecular weight is 585 g/mol. The molecule has 0 unspecified atom stereocenters. The maximum absolute atomic E-state index is 9.54. The van der Waals surface area contributed by atoms with Gasteiger partial charge in [0.05, 0.1) is 21.1 Å². The maximum atomic E-state index is 9.54. The van der Waals surface area contributed by atoms with Gasteiger partial charge < -0.3 is 4.74 Å². The molecule has 0 aliphatic heterocycles. The van der Waals surface area contributed by atoms with E-state index >= 15 is 0 Å². The summed E-state index contributed by atoms with van der Waals surface area (Å²) in [5, 5.41) is 10.5. The minimum absolute atomic E-state index is 0.410. The summed E-state index contributed by atoms with van der Waals surface area (Å²) in [7, 11) is 0. The van der Waals surface area contributed by atoms with Gasteiger partial charge in [0.15, 0.2) is 5.75 Å². The van der Waals surface area contributed by atoms with Crippen molar-refractivity contribution in [3.63, 3.8) is 0 Å². The average Bonchev–Trinajstić information content (AvgIpc) is 2.67. The smallest absolute Gasteiger partial charge is 0.152 e. The Morgan fingerprint density at radius 2 is 1.79 bits per heavy atom. The predicted molar refractivity (Wildman–Crippen MR) is 128 cm³/mol. The Hall–Kier alpha value is -1.52. The molecule has 0 spiro atoms. The third-order valence-corrected chi connectivity index (χ3v) is 5.83. The zero-order chi connectivity index (χ0) is 20.1. The van der Waals surface area contributed by atoms with Gasteiger partial charge in [-0.3, -0.25) is 0 Å². The second-order valence-corrected chi connectivity index (χ2v) is 8.79. The quantitative estimate of drug-likeness (QED) is 0.173. The van der Waals surface area contributed by atoms with Crippen LogP contribution >= 0.6 is 61.7 Å². The van der Waals surface area contributed by atoms with Crippen molar-refractivity contribution in [1.29, 1.82) is 5.26 Å². The van der Waals surface area contributed by atoms with Gasteiger partial charge in [-0.1, -0.05) is 53.5 Å². The summed E-state index contributed by atoms with van der Waals surface area (Å²) in [5.74, 6) is 0.564. The zero-order valence-corrected chi connectivity index (χ0v) is 19.7. The fourth-order valence-corrected chi connectivity index (χ4v) is 4.14. The topological polar surface area (TPSA) is 33.0 Å². The van der Waals surface area contributed by atoms with Gasteiger partial charge in [-0.15, -0.1) is 0 Å². The lowest BCUT2D eigenvalue weighted by atomic mass is 10.0. The summed E-state index contributed by atoms with van der Waals surface area (Å²) in [6, 6.07) is 21.2. The van der Waals surface area contributed by atoms with E-state index in [0.717, 1.165) is 11.1 Å². The molecule has 0 aliphatic rings. The van der Waals surface area contributed by atoms with E-state index < -0.39 is 0 Å². The number of hydrogen-bond donors (Lipinski definition) is 0. The molecule has 0 amide bonds. The van der Waals surface area contributed by atoms with Crippen molar-refractivity contribution in [3.8, 4) is 11.8 Å². The number of halogens is 4. The highest BCUT2D eigenvalue weighted by atomic mass is 127. The molecule has 0 atom stereocenters. The lowest BCUT2D eigenvalue weighted by molar-refractivity contribution is 0.304. The van der Waals surface area contributed by atoms with Crippen LogP contribution in [0.2, 0.25) is 10.0 Å². The Morgan fingerprint density at radius 1 is 1.07 bits per heavy atom. The lowest BCUT2D eigenvalue weighted by Crippen LogP contribution is -1.97. The van der Waals surface area contributed by atoms with Crippen LogP contribution in [0.5, 0.6) is 5.75 Å². The van der Waals surface area contributed by atoms with Crippen molar-refractivity contribution in [3.05, 3.63) is 95.4 Å². The van der Waals surface area contributed by atoms with E-state index in [9.17, 15) is 5.26 Å². The lowest BCUT2D eigenvalue weighted by Gasteiger charge is -2.12. The molecule has 0 saturated carbocycles. The van der Waals surface area contributed by atoms with Gasteiger partial charge in [0.1, 0.15) is 6.61 Å². The van der Waals surface area contributed by atoms with Crippen LogP contribution in [-0.2, 0) is 6.61 Å². The minimum Gasteiger partial charge on any atom is -0.486 e. The molecular formula is C22H13BrCl2INO. The number of nitriles is 1. The molecule has 3 rings (SSSR count). The summed E-state index contributed by atoms with van der Waals surface area (Å²) < 4.78 is 7.78. The zero-order valence-electron chi connectivity index (χ0n) is 14.4. The molecule has 0 heterocycles. The third kappa shape index (κ3) is 5.30. The second kappa shape index (κ2) is 9.80. The maximum Gasteiger partial charge on any atom is 0.152 e. The molecule has 3 aromatic rings. The van der Waals surface area contributed by atoms with Gasteiger partial charge >= 0.3 is 0 Å². The SMILES string of the molecule is N#CC(=Cc1cc(Cl)c(OCc2ccc(I)cc2)c(Br)c1)c1ccccc1Cl. The Balaban J connectivity index is 1.86. The predicted octanol–water partition coefficient (Wildman–Crippen LogP) is 8.00. The van der Waals surface area contributed by atoms with Crippen molar-refractivity contribution >= 4 is 73.4 Å². The number of benzene rings is 3. The monoisotopic (exact) mass is 583 g/mol. The van der Waals surface area contributed by atoms with Crippen molar-refractivity contribution < 1.29 is 4.74 Å². The van der Waals surface area contributed by atoms with Crippen LogP contribution in [0.25, 0.3) is 11.6 Å². The number of allylic oxidation sites excluding steroid dienone is 1. The molecule has 2 nitrogen and oxygen atoms in total. The first-order valence-electron chi connectivity index (χ1n) is 8.21. The summed E-state index contributed by atoms with van der Waals surface area (Å²) in [6.45, 7) is 0.410. The van der Waals surface area contributed by atoms with Crippen LogP contribution in [0.15, 0.2) is 65.1 Å². The number of rotatable bonds is 5. The van der Waals surface area contributed by atoms with Crippen LogP contribution in [0.4, 0.5) is 0 Å². The summed E-state index contributed by atoms with van der Waals surface area (Å²) >= 11 is 18.4. The molecule has 0 fully saturated rings. The molecule has 0 bridgehead atoms. The molecule has 140 valence electrons. The van der Waals surface area contributed by atoms with Crippen molar-refractivity contribution in [2.75, 3.05) is 0 Å². The van der Waals surface area contributed by atoms with Crippen molar-refractivity contribution in [2.24, 2.45) is 0 Å². The van der Waals surface area contributed by atoms with Gasteiger partial charge in [-0.25, -0.2) is 0 Å². The minimum atomic E-state index is 0.410. The fourth-order valence-electron chi connectivity index (χ4n) is 2.55. The van der Waals surface area contributed by atoms with Gasteiger partial charge in [0.25, 0.3) is 0 Å². The molecular weight excluding hydrogens is 572 g/mol. The molecule has 0 saturated heterocycles. The van der Waals surface area contributed by atoms with Gasteiger partial charge in [-0.05, 0) is 86.1 Å². The number of nitrogens with zero attached hydrogens (tertiary/aromatic N) is 1. The molecule has 0 aromatic heterocycles. The van der Waals surface area contributed by atoms with E-state index in [1.165, 1.54) is 3.57 Å². The first-order valence-corrected chi connectivity index (χ1v) is 10.8. The summed E-state index contributed by atoms with van der Waals surface area (Å²) in [5.41, 5.74) is 2.96. The van der Waals surface area contributed by atoms with Crippen LogP contribution in [-0.4, -0.2) is 0 Å². The Bertz CT molecular complexity index is 1050. The third-order valence-electron chi connectivity index (χ3n) is 3.91. The van der Waals surface area contributed by atoms with E-state index in [2.05, 4.69) is 44.6 Å². The molecule has 6 heteroatoms. The Labute approximate surface area is 196 Å². The van der Waals surface area contributed by atoms with Crippen LogP contribution in [0, 0.1) is 14.9 Å². The molecule has 3 aromatic carbocycles. The van der Waals surface area contributed by atoms with Gasteiger partial charge in [-0.2, -0.15) is 5.26 Å². The largest absolute Gasteiger partial charge is 0.486 e. The van der Waals surface area contributed by atoms with Crippen LogP contribution in [0.1, 0.15) is 16.7 Å². The highest BCUT2D eigenvalue weighted by Crippen LogP contribution is 2.36. The molecule has 0 aliphatic carbocycles. The number of hydrogen-bond acceptors (Lipinski definition) is 2. The van der Waals surface area contributed by atoms with Crippen LogP contribution < -0.4 is 4.74 Å². The molecule has 0 N–H and O–H groups in total. The van der Waals surface area contributed by atoms with E-state index in [1.54, 1.807) is 18.2 Å². The van der Waals surface area contributed by atoms with E-state index in [4.69, 9.17) is 27.9 Å². The summed E-state index contributed by atoms with van der Waals surface area (Å²) in [6.07, 6.45) is 1.75. The molecule has 0 radical (unpaired) electrons. The summed E-state index contributed by atoms with van der Waals surface area (Å²) in [4.78, 5) is 0. The van der Waals surface area contributed by atoms with Crippen LogP contribution in [0.3, 0.4) is 0 Å². The first-order chi connectivity index (χ1) is 13.5. The van der Waals surface area contributed by atoms with E-state index in [0.29, 0.717) is 38.0 Å². The van der Waals surface area contributed by atoms with E-state index in [1.807, 2.05) is 48.5 Å². The normalized spacial score (nSPS) is 11.2. The second-order valence-electron chi connectivity index (χ2n) is 5.88. The van der Waals surface area contributed by atoms with Gasteiger partial charge in [0.2, 0.25) is 0 Å². The number of ether oxygens (including phenoxy) is 1. The standard InChI is InChI=1S/C22H13BrCl2INO/c23-19-10-15(9-16(12-27)18-3-1-2-4-20(18)24)11-21(25)22(19)28-13-14-5-7-17(26)8-6-14/h1-11H,13H2. The Kier molecular flexibility index (Phi) is 7.42. The Morgan fingerprint density at radius 3 is 2.43 bits per heavy atom. The highest BCUT2D eigenvalue weighted by molar-refractivity contribution is 14.1. The fraction of sp³-hybridized carbons (Fsp3) is 0.0455. The first kappa shape index (κ1) is 21.2.